The Morgan fingerprint density at radius 1 is 1.45 bits per heavy atom. The number of nitrogens with zero attached hydrogens (tertiary/aromatic N) is 1. The summed E-state index contributed by atoms with van der Waals surface area (Å²) in [5.74, 6) is 0.768. The van der Waals surface area contributed by atoms with Crippen molar-refractivity contribution in [2.75, 3.05) is 19.6 Å². The van der Waals surface area contributed by atoms with Gasteiger partial charge in [0.25, 0.3) is 5.91 Å². The summed E-state index contributed by atoms with van der Waals surface area (Å²) < 4.78 is 1.93. The minimum Gasteiger partial charge on any atom is -0.335 e. The van der Waals surface area contributed by atoms with Gasteiger partial charge in [-0.25, -0.2) is 0 Å². The number of piperidine rings is 1. The van der Waals surface area contributed by atoms with Crippen LogP contribution >= 0.6 is 43.2 Å². The standard InChI is InChI=1S/C14H20Br2N2OS/c1-9(2)18(8-10-3-5-17-6-4-10)14(19)12-7-11(15)13(16)20-12/h7,9-10,17H,3-6,8H2,1-2H3. The molecule has 0 aliphatic carbocycles. The Labute approximate surface area is 141 Å². The summed E-state index contributed by atoms with van der Waals surface area (Å²) in [5.41, 5.74) is 0. The Bertz CT molecular complexity index is 450. The molecule has 6 heteroatoms. The van der Waals surface area contributed by atoms with Crippen molar-refractivity contribution in [3.05, 3.63) is 19.2 Å². The third-order valence-electron chi connectivity index (χ3n) is 3.65. The summed E-state index contributed by atoms with van der Waals surface area (Å²) in [5, 5.41) is 3.38. The molecule has 1 aromatic heterocycles. The molecule has 2 rings (SSSR count). The molecule has 1 fully saturated rings. The fourth-order valence-corrected chi connectivity index (χ4v) is 4.46. The van der Waals surface area contributed by atoms with Crippen LogP contribution in [0.1, 0.15) is 36.4 Å². The van der Waals surface area contributed by atoms with Gasteiger partial charge in [0.1, 0.15) is 0 Å². The quantitative estimate of drug-likeness (QED) is 0.789. The SMILES string of the molecule is CC(C)N(CC1CCNCC1)C(=O)c1cc(Br)c(Br)s1. The van der Waals surface area contributed by atoms with E-state index >= 15 is 0 Å². The van der Waals surface area contributed by atoms with Gasteiger partial charge in [-0.15, -0.1) is 11.3 Å². The van der Waals surface area contributed by atoms with E-state index in [9.17, 15) is 4.79 Å². The van der Waals surface area contributed by atoms with E-state index in [1.807, 2.05) is 11.0 Å². The number of hydrogen-bond acceptors (Lipinski definition) is 3. The van der Waals surface area contributed by atoms with Crippen molar-refractivity contribution in [1.29, 1.82) is 0 Å². The lowest BCUT2D eigenvalue weighted by Crippen LogP contribution is -2.42. The molecule has 1 aliphatic rings. The number of amides is 1. The molecule has 0 atom stereocenters. The van der Waals surface area contributed by atoms with Crippen LogP contribution in [-0.4, -0.2) is 36.5 Å². The lowest BCUT2D eigenvalue weighted by Gasteiger charge is -2.32. The molecule has 1 aromatic rings. The molecule has 0 spiro atoms. The maximum Gasteiger partial charge on any atom is 0.264 e. The molecule has 0 radical (unpaired) electrons. The van der Waals surface area contributed by atoms with Crippen molar-refractivity contribution in [3.63, 3.8) is 0 Å². The smallest absolute Gasteiger partial charge is 0.264 e. The number of thiophene rings is 1. The fraction of sp³-hybridized carbons (Fsp3) is 0.643. The van der Waals surface area contributed by atoms with Crippen molar-refractivity contribution in [2.45, 2.75) is 32.7 Å². The number of rotatable bonds is 4. The lowest BCUT2D eigenvalue weighted by atomic mass is 9.97. The van der Waals surface area contributed by atoms with Crippen molar-refractivity contribution < 1.29 is 4.79 Å². The highest BCUT2D eigenvalue weighted by atomic mass is 79.9. The van der Waals surface area contributed by atoms with E-state index in [1.165, 1.54) is 11.3 Å². The zero-order valence-corrected chi connectivity index (χ0v) is 15.8. The molecule has 112 valence electrons. The van der Waals surface area contributed by atoms with E-state index in [2.05, 4.69) is 51.0 Å². The molecule has 1 saturated heterocycles. The second-order valence-electron chi connectivity index (χ2n) is 5.48. The van der Waals surface area contributed by atoms with E-state index < -0.39 is 0 Å². The number of nitrogens with one attached hydrogen (secondary N) is 1. The number of carbonyl (C=O) groups excluding carboxylic acids is 1. The molecular weight excluding hydrogens is 404 g/mol. The highest BCUT2D eigenvalue weighted by Gasteiger charge is 2.25. The summed E-state index contributed by atoms with van der Waals surface area (Å²) in [4.78, 5) is 15.5. The Balaban J connectivity index is 2.09. The second-order valence-corrected chi connectivity index (χ2v) is 8.70. The molecular formula is C14H20Br2N2OS. The van der Waals surface area contributed by atoms with Crippen LogP contribution in [0.4, 0.5) is 0 Å². The normalized spacial score (nSPS) is 16.6. The molecule has 0 unspecified atom stereocenters. The third kappa shape index (κ3) is 4.06. The van der Waals surface area contributed by atoms with Crippen LogP contribution in [0.3, 0.4) is 0 Å². The van der Waals surface area contributed by atoms with Gasteiger partial charge >= 0.3 is 0 Å². The van der Waals surface area contributed by atoms with E-state index in [-0.39, 0.29) is 11.9 Å². The highest BCUT2D eigenvalue weighted by molar-refractivity contribution is 9.13. The molecule has 20 heavy (non-hydrogen) atoms. The Kier molecular flexibility index (Phi) is 6.08. The van der Waals surface area contributed by atoms with E-state index in [4.69, 9.17) is 0 Å². The molecule has 2 heterocycles. The van der Waals surface area contributed by atoms with Crippen LogP contribution in [0.2, 0.25) is 0 Å². The highest BCUT2D eigenvalue weighted by Crippen LogP contribution is 2.33. The topological polar surface area (TPSA) is 32.3 Å². The summed E-state index contributed by atoms with van der Waals surface area (Å²) in [6.07, 6.45) is 2.32. The largest absolute Gasteiger partial charge is 0.335 e. The first-order valence-corrected chi connectivity index (χ1v) is 9.35. The first-order valence-electron chi connectivity index (χ1n) is 6.95. The first kappa shape index (κ1) is 16.5. The minimum absolute atomic E-state index is 0.148. The number of halogens is 2. The predicted octanol–water partition coefficient (Wildman–Crippen LogP) is 4.12. The molecule has 0 saturated carbocycles. The fourth-order valence-electron chi connectivity index (χ4n) is 2.46. The van der Waals surface area contributed by atoms with E-state index in [0.717, 1.165) is 45.6 Å². The Hall–Kier alpha value is 0.0900. The Morgan fingerprint density at radius 3 is 2.60 bits per heavy atom. The van der Waals surface area contributed by atoms with Crippen LogP contribution in [-0.2, 0) is 0 Å². The molecule has 1 amide bonds. The summed E-state index contributed by atoms with van der Waals surface area (Å²) in [6.45, 7) is 7.19. The van der Waals surface area contributed by atoms with E-state index in [0.29, 0.717) is 5.92 Å². The van der Waals surface area contributed by atoms with Gasteiger partial charge in [-0.05, 0) is 83.6 Å². The van der Waals surface area contributed by atoms with Crippen LogP contribution in [0.15, 0.2) is 14.3 Å². The average Bonchev–Trinajstić information content (AvgIpc) is 2.76. The molecule has 0 bridgehead atoms. The monoisotopic (exact) mass is 422 g/mol. The van der Waals surface area contributed by atoms with Crippen molar-refractivity contribution in [1.82, 2.24) is 10.2 Å². The lowest BCUT2D eigenvalue weighted by molar-refractivity contribution is 0.0663. The Morgan fingerprint density at radius 2 is 2.10 bits per heavy atom. The van der Waals surface area contributed by atoms with Gasteiger partial charge in [-0.2, -0.15) is 0 Å². The predicted molar refractivity (Wildman–Crippen MR) is 91.5 cm³/mol. The van der Waals surface area contributed by atoms with Gasteiger partial charge in [-0.3, -0.25) is 4.79 Å². The molecule has 1 N–H and O–H groups in total. The maximum absolute atomic E-state index is 12.7. The van der Waals surface area contributed by atoms with Gasteiger partial charge in [0.05, 0.1) is 8.66 Å². The number of carbonyl (C=O) groups is 1. The average molecular weight is 424 g/mol. The second kappa shape index (κ2) is 7.38. The van der Waals surface area contributed by atoms with Crippen molar-refractivity contribution in [3.8, 4) is 0 Å². The molecule has 3 nitrogen and oxygen atoms in total. The van der Waals surface area contributed by atoms with Gasteiger partial charge in [0.2, 0.25) is 0 Å². The minimum atomic E-state index is 0.148. The van der Waals surface area contributed by atoms with E-state index in [1.54, 1.807) is 0 Å². The van der Waals surface area contributed by atoms with Crippen molar-refractivity contribution in [2.24, 2.45) is 5.92 Å². The summed E-state index contributed by atoms with van der Waals surface area (Å²) in [7, 11) is 0. The van der Waals surface area contributed by atoms with Gasteiger partial charge < -0.3 is 10.2 Å². The number of hydrogen-bond donors (Lipinski definition) is 1. The van der Waals surface area contributed by atoms with Crippen LogP contribution in [0.5, 0.6) is 0 Å². The van der Waals surface area contributed by atoms with Gasteiger partial charge in [0.15, 0.2) is 0 Å². The zero-order chi connectivity index (χ0) is 14.7. The molecule has 0 aromatic carbocycles. The maximum atomic E-state index is 12.7. The van der Waals surface area contributed by atoms with Crippen molar-refractivity contribution >= 4 is 49.1 Å². The van der Waals surface area contributed by atoms with Crippen LogP contribution in [0.25, 0.3) is 0 Å². The summed E-state index contributed by atoms with van der Waals surface area (Å²) in [6, 6.07) is 2.14. The molecule has 1 aliphatic heterocycles. The van der Waals surface area contributed by atoms with Crippen LogP contribution < -0.4 is 5.32 Å². The third-order valence-corrected chi connectivity index (χ3v) is 6.90. The van der Waals surface area contributed by atoms with Crippen LogP contribution in [0, 0.1) is 5.92 Å². The summed E-state index contributed by atoms with van der Waals surface area (Å²) >= 11 is 8.41. The first-order chi connectivity index (χ1) is 9.49. The van der Waals surface area contributed by atoms with Gasteiger partial charge in [-0.1, -0.05) is 0 Å². The van der Waals surface area contributed by atoms with Gasteiger partial charge in [0, 0.05) is 17.1 Å². The zero-order valence-electron chi connectivity index (χ0n) is 11.8.